The van der Waals surface area contributed by atoms with Crippen LogP contribution in [-0.4, -0.2) is 46.4 Å². The average Bonchev–Trinajstić information content (AvgIpc) is 2.38. The molecular weight excluding hydrogens is 234 g/mol. The zero-order chi connectivity index (χ0) is 13.4. The molecule has 0 saturated heterocycles. The van der Waals surface area contributed by atoms with E-state index in [0.29, 0.717) is 18.3 Å². The fourth-order valence-electron chi connectivity index (χ4n) is 1.47. The van der Waals surface area contributed by atoms with Crippen LogP contribution in [0.1, 0.15) is 26.7 Å². The lowest BCUT2D eigenvalue weighted by Gasteiger charge is -2.16. The molecule has 0 amide bonds. The van der Waals surface area contributed by atoms with E-state index in [1.165, 1.54) is 7.11 Å². The molecule has 0 fully saturated rings. The Hall–Kier alpha value is -1.63. The predicted molar refractivity (Wildman–Crippen MR) is 69.9 cm³/mol. The molecule has 1 unspecified atom stereocenters. The molecule has 7 nitrogen and oxygen atoms in total. The van der Waals surface area contributed by atoms with Crippen molar-refractivity contribution in [1.29, 1.82) is 0 Å². The smallest absolute Gasteiger partial charge is 0.322 e. The molecule has 0 aliphatic heterocycles. The van der Waals surface area contributed by atoms with Crippen molar-refractivity contribution in [2.45, 2.75) is 32.7 Å². The third-order valence-corrected chi connectivity index (χ3v) is 2.44. The summed E-state index contributed by atoms with van der Waals surface area (Å²) in [5, 5.41) is 15.1. The van der Waals surface area contributed by atoms with Crippen molar-refractivity contribution in [1.82, 2.24) is 15.0 Å². The van der Waals surface area contributed by atoms with Crippen molar-refractivity contribution in [3.8, 4) is 6.01 Å². The van der Waals surface area contributed by atoms with Gasteiger partial charge in [-0.15, -0.1) is 0 Å². The van der Waals surface area contributed by atoms with Crippen LogP contribution in [0.3, 0.4) is 0 Å². The minimum absolute atomic E-state index is 0.133. The highest BCUT2D eigenvalue weighted by Crippen LogP contribution is 2.13. The lowest BCUT2D eigenvalue weighted by molar-refractivity contribution is 0.278. The topological polar surface area (TPSA) is 92.2 Å². The molecule has 1 aromatic rings. The number of nitrogens with zero attached hydrogens (tertiary/aromatic N) is 3. The second kappa shape index (κ2) is 7.65. The van der Waals surface area contributed by atoms with Crippen molar-refractivity contribution in [3.05, 3.63) is 0 Å². The number of hydrogen-bond acceptors (Lipinski definition) is 7. The molecule has 0 aliphatic rings. The number of aliphatic hydroxyl groups excluding tert-OH is 1. The Morgan fingerprint density at radius 3 is 2.50 bits per heavy atom. The lowest BCUT2D eigenvalue weighted by atomic mass is 10.2. The number of methoxy groups -OCH3 is 1. The average molecular weight is 255 g/mol. The Morgan fingerprint density at radius 1 is 1.22 bits per heavy atom. The van der Waals surface area contributed by atoms with Gasteiger partial charge in [0.25, 0.3) is 0 Å². The lowest BCUT2D eigenvalue weighted by Crippen LogP contribution is -2.22. The monoisotopic (exact) mass is 255 g/mol. The van der Waals surface area contributed by atoms with Gasteiger partial charge >= 0.3 is 6.01 Å². The van der Waals surface area contributed by atoms with Crippen LogP contribution in [0.2, 0.25) is 0 Å². The van der Waals surface area contributed by atoms with Crippen molar-refractivity contribution in [3.63, 3.8) is 0 Å². The zero-order valence-electron chi connectivity index (χ0n) is 11.1. The molecule has 0 aliphatic carbocycles. The Morgan fingerprint density at radius 2 is 1.94 bits per heavy atom. The Balaban J connectivity index is 2.82. The van der Waals surface area contributed by atoms with Gasteiger partial charge in [-0.1, -0.05) is 6.92 Å². The molecule has 0 radical (unpaired) electrons. The van der Waals surface area contributed by atoms with Gasteiger partial charge in [0.1, 0.15) is 0 Å². The van der Waals surface area contributed by atoms with E-state index >= 15 is 0 Å². The molecule has 18 heavy (non-hydrogen) atoms. The van der Waals surface area contributed by atoms with Crippen LogP contribution in [0.4, 0.5) is 11.9 Å². The number of anilines is 2. The predicted octanol–water partition coefficient (Wildman–Crippen LogP) is 0.885. The summed E-state index contributed by atoms with van der Waals surface area (Å²) in [6, 6.07) is 0.402. The number of ether oxygens (including phenoxy) is 1. The van der Waals surface area contributed by atoms with E-state index in [2.05, 4.69) is 25.6 Å². The first kappa shape index (κ1) is 14.4. The summed E-state index contributed by atoms with van der Waals surface area (Å²) in [5.41, 5.74) is 0. The number of aliphatic hydroxyl groups is 1. The number of aromatic nitrogens is 3. The largest absolute Gasteiger partial charge is 0.467 e. The van der Waals surface area contributed by atoms with Crippen molar-refractivity contribution < 1.29 is 9.84 Å². The van der Waals surface area contributed by atoms with E-state index in [1.807, 2.05) is 13.8 Å². The van der Waals surface area contributed by atoms with Gasteiger partial charge in [-0.3, -0.25) is 0 Å². The summed E-state index contributed by atoms with van der Waals surface area (Å²) in [6.07, 6.45) is 1.53. The minimum atomic E-state index is 0.133. The number of nitrogens with one attached hydrogen (secondary N) is 2. The van der Waals surface area contributed by atoms with Crippen LogP contribution in [0, 0.1) is 0 Å². The van der Waals surface area contributed by atoms with E-state index in [-0.39, 0.29) is 18.7 Å². The highest BCUT2D eigenvalue weighted by molar-refractivity contribution is 5.36. The summed E-state index contributed by atoms with van der Waals surface area (Å²) < 4.78 is 5.03. The van der Waals surface area contributed by atoms with E-state index in [9.17, 15) is 0 Å². The molecule has 1 atom stereocenters. The normalized spacial score (nSPS) is 12.0. The van der Waals surface area contributed by atoms with Crippen LogP contribution in [0.5, 0.6) is 6.01 Å². The second-order valence-electron chi connectivity index (χ2n) is 3.76. The number of rotatable bonds is 8. The van der Waals surface area contributed by atoms with Crippen molar-refractivity contribution >= 4 is 11.9 Å². The first-order chi connectivity index (χ1) is 8.73. The van der Waals surface area contributed by atoms with Crippen LogP contribution < -0.4 is 15.4 Å². The van der Waals surface area contributed by atoms with Gasteiger partial charge < -0.3 is 20.5 Å². The van der Waals surface area contributed by atoms with Crippen LogP contribution >= 0.6 is 0 Å². The maximum Gasteiger partial charge on any atom is 0.322 e. The van der Waals surface area contributed by atoms with E-state index in [1.54, 1.807) is 0 Å². The molecule has 102 valence electrons. The summed E-state index contributed by atoms with van der Waals surface area (Å²) >= 11 is 0. The fraction of sp³-hybridized carbons (Fsp3) is 0.727. The van der Waals surface area contributed by atoms with E-state index in [4.69, 9.17) is 9.84 Å². The quantitative estimate of drug-likeness (QED) is 0.635. The van der Waals surface area contributed by atoms with E-state index in [0.717, 1.165) is 13.0 Å². The first-order valence-corrected chi connectivity index (χ1v) is 6.14. The fourth-order valence-corrected chi connectivity index (χ4v) is 1.47. The highest BCUT2D eigenvalue weighted by atomic mass is 16.5. The SMILES string of the molecule is CCNc1nc(NC(CC)CCO)nc(OC)n1. The number of hydrogen-bond donors (Lipinski definition) is 3. The molecule has 0 spiro atoms. The van der Waals surface area contributed by atoms with Gasteiger partial charge in [-0.2, -0.15) is 15.0 Å². The first-order valence-electron chi connectivity index (χ1n) is 6.14. The van der Waals surface area contributed by atoms with Gasteiger partial charge in [0.05, 0.1) is 7.11 Å². The molecule has 0 aromatic carbocycles. The van der Waals surface area contributed by atoms with Crippen molar-refractivity contribution in [2.24, 2.45) is 0 Å². The van der Waals surface area contributed by atoms with Gasteiger partial charge in [-0.25, -0.2) is 0 Å². The van der Waals surface area contributed by atoms with Gasteiger partial charge in [0.15, 0.2) is 0 Å². The molecule has 0 saturated carbocycles. The Kier molecular flexibility index (Phi) is 6.13. The minimum Gasteiger partial charge on any atom is -0.467 e. The highest BCUT2D eigenvalue weighted by Gasteiger charge is 2.10. The van der Waals surface area contributed by atoms with Crippen LogP contribution in [0.25, 0.3) is 0 Å². The molecule has 1 rings (SSSR count). The standard InChI is InChI=1S/C11H21N5O2/c1-4-8(6-7-17)13-10-14-9(12-5-2)15-11(16-10)18-3/h8,17H,4-7H2,1-3H3,(H2,12,13,14,15,16). The maximum absolute atomic E-state index is 8.96. The van der Waals surface area contributed by atoms with Crippen LogP contribution in [-0.2, 0) is 0 Å². The van der Waals surface area contributed by atoms with E-state index < -0.39 is 0 Å². The Labute approximate surface area is 107 Å². The summed E-state index contributed by atoms with van der Waals surface area (Å²) in [4.78, 5) is 12.4. The molecule has 1 aromatic heterocycles. The Bertz CT molecular complexity index is 361. The molecule has 3 N–H and O–H groups in total. The maximum atomic E-state index is 8.96. The summed E-state index contributed by atoms with van der Waals surface area (Å²) in [6.45, 7) is 4.86. The van der Waals surface area contributed by atoms with Gasteiger partial charge in [0, 0.05) is 19.2 Å². The summed E-state index contributed by atoms with van der Waals surface area (Å²) in [5.74, 6) is 0.934. The van der Waals surface area contributed by atoms with Crippen LogP contribution in [0.15, 0.2) is 0 Å². The second-order valence-corrected chi connectivity index (χ2v) is 3.76. The zero-order valence-corrected chi connectivity index (χ0v) is 11.1. The van der Waals surface area contributed by atoms with Gasteiger partial charge in [-0.05, 0) is 19.8 Å². The third-order valence-electron chi connectivity index (χ3n) is 2.44. The molecular formula is C11H21N5O2. The molecule has 0 bridgehead atoms. The summed E-state index contributed by atoms with van der Waals surface area (Å²) in [7, 11) is 1.51. The molecule has 7 heteroatoms. The third kappa shape index (κ3) is 4.33. The van der Waals surface area contributed by atoms with Gasteiger partial charge in [0.2, 0.25) is 11.9 Å². The molecule has 1 heterocycles. The van der Waals surface area contributed by atoms with Crippen molar-refractivity contribution in [2.75, 3.05) is 30.9 Å².